The number of benzene rings is 1. The summed E-state index contributed by atoms with van der Waals surface area (Å²) < 4.78 is 10.1. The van der Waals surface area contributed by atoms with Crippen LogP contribution in [0.1, 0.15) is 40.5 Å². The molecule has 1 aliphatic rings. The number of carbonyl (C=O) groups is 2. The van der Waals surface area contributed by atoms with E-state index in [1.54, 1.807) is 31.1 Å². The number of likely N-dealkylation sites (tertiary alicyclic amines) is 1. The topological polar surface area (TPSA) is 85.5 Å². The van der Waals surface area contributed by atoms with Gasteiger partial charge in [-0.15, -0.1) is 0 Å². The molecule has 1 aliphatic heterocycles. The molecule has 25 heavy (non-hydrogen) atoms. The minimum atomic E-state index is -0.437. The first kappa shape index (κ1) is 17.1. The van der Waals surface area contributed by atoms with E-state index in [1.807, 2.05) is 13.0 Å². The van der Waals surface area contributed by atoms with Crippen LogP contribution in [-0.2, 0) is 11.2 Å². The van der Waals surface area contributed by atoms with Crippen LogP contribution in [0.2, 0.25) is 0 Å². The fourth-order valence-electron chi connectivity index (χ4n) is 3.21. The van der Waals surface area contributed by atoms with Gasteiger partial charge in [0.05, 0.1) is 19.6 Å². The number of ether oxygens (including phenoxy) is 1. The highest BCUT2D eigenvalue weighted by atomic mass is 16.5. The Morgan fingerprint density at radius 3 is 2.80 bits per heavy atom. The van der Waals surface area contributed by atoms with Crippen molar-refractivity contribution in [1.82, 2.24) is 15.0 Å². The van der Waals surface area contributed by atoms with Crippen molar-refractivity contribution in [3.8, 4) is 5.75 Å². The van der Waals surface area contributed by atoms with Crippen LogP contribution in [0, 0.1) is 13.8 Å². The standard InChI is InChI=1S/C18H21N3O4/c1-11-9-13(6-7-15(11)24-3)18(23)14-5-4-8-21(14)17(22)10-16-19-12(2)25-20-16/h6-7,9,14H,4-5,8,10H2,1-3H3. The number of carbonyl (C=O) groups excluding carboxylic acids is 2. The number of aryl methyl sites for hydroxylation is 2. The van der Waals surface area contributed by atoms with Crippen molar-refractivity contribution in [3.63, 3.8) is 0 Å². The SMILES string of the molecule is COc1ccc(C(=O)C2CCCN2C(=O)Cc2noc(C)n2)cc1C. The number of rotatable bonds is 5. The van der Waals surface area contributed by atoms with Crippen LogP contribution in [0.15, 0.2) is 22.7 Å². The van der Waals surface area contributed by atoms with Gasteiger partial charge >= 0.3 is 0 Å². The molecule has 0 aliphatic carbocycles. The minimum absolute atomic E-state index is 0.0408. The second-order valence-corrected chi connectivity index (χ2v) is 6.20. The highest BCUT2D eigenvalue weighted by Crippen LogP contribution is 2.25. The van der Waals surface area contributed by atoms with Crippen molar-refractivity contribution in [3.05, 3.63) is 41.0 Å². The molecule has 0 saturated carbocycles. The average Bonchev–Trinajstić information content (AvgIpc) is 3.23. The molecule has 132 valence electrons. The van der Waals surface area contributed by atoms with Gasteiger partial charge in [-0.05, 0) is 43.5 Å². The van der Waals surface area contributed by atoms with Crippen molar-refractivity contribution in [2.75, 3.05) is 13.7 Å². The third kappa shape index (κ3) is 3.55. The lowest BCUT2D eigenvalue weighted by atomic mass is 10.00. The first-order valence-electron chi connectivity index (χ1n) is 8.27. The molecule has 1 aromatic heterocycles. The van der Waals surface area contributed by atoms with E-state index in [9.17, 15) is 9.59 Å². The largest absolute Gasteiger partial charge is 0.496 e. The van der Waals surface area contributed by atoms with E-state index in [1.165, 1.54) is 0 Å². The molecule has 1 saturated heterocycles. The number of nitrogens with zero attached hydrogens (tertiary/aromatic N) is 3. The summed E-state index contributed by atoms with van der Waals surface area (Å²) in [6, 6.07) is 4.90. The summed E-state index contributed by atoms with van der Waals surface area (Å²) >= 11 is 0. The summed E-state index contributed by atoms with van der Waals surface area (Å²) in [7, 11) is 1.60. The summed E-state index contributed by atoms with van der Waals surface area (Å²) in [6.45, 7) is 4.14. The molecule has 7 heteroatoms. The van der Waals surface area contributed by atoms with Gasteiger partial charge in [0.2, 0.25) is 11.8 Å². The van der Waals surface area contributed by atoms with E-state index in [-0.39, 0.29) is 18.1 Å². The molecule has 1 unspecified atom stereocenters. The molecular formula is C18H21N3O4. The molecule has 2 heterocycles. The quantitative estimate of drug-likeness (QED) is 0.773. The number of Topliss-reactive ketones (excluding diaryl/α,β-unsaturated/α-hetero) is 1. The second-order valence-electron chi connectivity index (χ2n) is 6.20. The number of aromatic nitrogens is 2. The third-order valence-electron chi connectivity index (χ3n) is 4.43. The van der Waals surface area contributed by atoms with Crippen molar-refractivity contribution in [2.45, 2.75) is 39.2 Å². The van der Waals surface area contributed by atoms with Gasteiger partial charge in [0, 0.05) is 19.0 Å². The number of amides is 1. The molecule has 0 radical (unpaired) electrons. The van der Waals surface area contributed by atoms with Gasteiger partial charge in [0.25, 0.3) is 0 Å². The third-order valence-corrected chi connectivity index (χ3v) is 4.43. The lowest BCUT2D eigenvalue weighted by molar-refractivity contribution is -0.130. The van der Waals surface area contributed by atoms with E-state index in [0.717, 1.165) is 17.7 Å². The van der Waals surface area contributed by atoms with Gasteiger partial charge in [-0.3, -0.25) is 9.59 Å². The van der Waals surface area contributed by atoms with E-state index in [2.05, 4.69) is 10.1 Å². The Kier molecular flexibility index (Phi) is 4.83. The molecule has 1 aromatic carbocycles. The number of methoxy groups -OCH3 is 1. The lowest BCUT2D eigenvalue weighted by Crippen LogP contribution is -2.41. The molecule has 1 atom stereocenters. The molecule has 1 amide bonds. The molecule has 0 spiro atoms. The zero-order valence-electron chi connectivity index (χ0n) is 14.6. The highest BCUT2D eigenvalue weighted by Gasteiger charge is 2.35. The predicted octanol–water partition coefficient (Wildman–Crippen LogP) is 2.11. The number of ketones is 1. The Morgan fingerprint density at radius 1 is 1.36 bits per heavy atom. The second kappa shape index (κ2) is 7.04. The molecule has 3 rings (SSSR count). The van der Waals surface area contributed by atoms with Crippen LogP contribution in [0.4, 0.5) is 0 Å². The molecular weight excluding hydrogens is 322 g/mol. The monoisotopic (exact) mass is 343 g/mol. The van der Waals surface area contributed by atoms with Crippen LogP contribution in [0.25, 0.3) is 0 Å². The maximum Gasteiger partial charge on any atom is 0.231 e. The maximum atomic E-state index is 12.9. The fourth-order valence-corrected chi connectivity index (χ4v) is 3.21. The van der Waals surface area contributed by atoms with Crippen LogP contribution in [-0.4, -0.2) is 46.4 Å². The predicted molar refractivity (Wildman–Crippen MR) is 89.5 cm³/mol. The Balaban J connectivity index is 1.75. The van der Waals surface area contributed by atoms with Gasteiger partial charge in [-0.2, -0.15) is 4.98 Å². The first-order chi connectivity index (χ1) is 12.0. The Labute approximate surface area is 146 Å². The Hall–Kier alpha value is -2.70. The minimum Gasteiger partial charge on any atom is -0.496 e. The van der Waals surface area contributed by atoms with Crippen LogP contribution >= 0.6 is 0 Å². The van der Waals surface area contributed by atoms with E-state index >= 15 is 0 Å². The molecule has 7 nitrogen and oxygen atoms in total. The Bertz CT molecular complexity index is 799. The smallest absolute Gasteiger partial charge is 0.231 e. The van der Waals surface area contributed by atoms with Gasteiger partial charge in [-0.1, -0.05) is 5.16 Å². The zero-order valence-corrected chi connectivity index (χ0v) is 14.6. The molecule has 0 N–H and O–H groups in total. The summed E-state index contributed by atoms with van der Waals surface area (Å²) in [5.41, 5.74) is 1.49. The number of hydrogen-bond donors (Lipinski definition) is 0. The lowest BCUT2D eigenvalue weighted by Gasteiger charge is -2.23. The molecule has 1 fully saturated rings. The first-order valence-corrected chi connectivity index (χ1v) is 8.27. The number of hydrogen-bond acceptors (Lipinski definition) is 6. The van der Waals surface area contributed by atoms with E-state index < -0.39 is 6.04 Å². The molecule has 2 aromatic rings. The maximum absolute atomic E-state index is 12.9. The van der Waals surface area contributed by atoms with Crippen LogP contribution in [0.3, 0.4) is 0 Å². The van der Waals surface area contributed by atoms with Crippen molar-refractivity contribution in [1.29, 1.82) is 0 Å². The summed E-state index contributed by atoms with van der Waals surface area (Å²) in [6.07, 6.45) is 1.52. The van der Waals surface area contributed by atoms with Crippen molar-refractivity contribution >= 4 is 11.7 Å². The normalized spacial score (nSPS) is 16.9. The highest BCUT2D eigenvalue weighted by molar-refractivity contribution is 6.02. The van der Waals surface area contributed by atoms with Crippen LogP contribution < -0.4 is 4.74 Å². The van der Waals surface area contributed by atoms with E-state index in [4.69, 9.17) is 9.26 Å². The summed E-state index contributed by atoms with van der Waals surface area (Å²) in [5, 5.41) is 3.75. The van der Waals surface area contributed by atoms with E-state index in [0.29, 0.717) is 30.2 Å². The molecule has 0 bridgehead atoms. The van der Waals surface area contributed by atoms with Crippen molar-refractivity contribution < 1.29 is 18.8 Å². The van der Waals surface area contributed by atoms with Gasteiger partial charge in [0.15, 0.2) is 11.6 Å². The van der Waals surface area contributed by atoms with Crippen LogP contribution in [0.5, 0.6) is 5.75 Å². The van der Waals surface area contributed by atoms with Gasteiger partial charge < -0.3 is 14.2 Å². The van der Waals surface area contributed by atoms with Gasteiger partial charge in [0.1, 0.15) is 5.75 Å². The Morgan fingerprint density at radius 2 is 2.16 bits per heavy atom. The fraction of sp³-hybridized carbons (Fsp3) is 0.444. The summed E-state index contributed by atoms with van der Waals surface area (Å²) in [4.78, 5) is 31.1. The van der Waals surface area contributed by atoms with Crippen molar-refractivity contribution in [2.24, 2.45) is 0 Å². The van der Waals surface area contributed by atoms with Gasteiger partial charge in [-0.25, -0.2) is 0 Å². The zero-order chi connectivity index (χ0) is 18.0. The summed E-state index contributed by atoms with van der Waals surface area (Å²) in [5.74, 6) is 1.32. The average molecular weight is 343 g/mol.